The summed E-state index contributed by atoms with van der Waals surface area (Å²) in [5.41, 5.74) is 8.44. The molecule has 0 amide bonds. The van der Waals surface area contributed by atoms with Crippen LogP contribution in [0, 0.1) is 3.57 Å². The molecule has 1 aliphatic rings. The van der Waals surface area contributed by atoms with Gasteiger partial charge in [0.25, 0.3) is 0 Å². The number of hydrogen-bond donors (Lipinski definition) is 1. The van der Waals surface area contributed by atoms with E-state index in [9.17, 15) is 4.79 Å². The summed E-state index contributed by atoms with van der Waals surface area (Å²) >= 11 is 3.69. The van der Waals surface area contributed by atoms with Crippen LogP contribution in [0.1, 0.15) is 15.9 Å². The zero-order chi connectivity index (χ0) is 13.4. The number of carbonyl (C=O) groups excluding carboxylic acids is 1. The molecule has 2 nitrogen and oxygen atoms in total. The molecule has 19 heavy (non-hydrogen) atoms. The maximum atomic E-state index is 12.4. The van der Waals surface area contributed by atoms with Gasteiger partial charge < -0.3 is 5.73 Å². The van der Waals surface area contributed by atoms with E-state index in [0.717, 1.165) is 19.6 Å². The summed E-state index contributed by atoms with van der Waals surface area (Å²) in [4.78, 5) is 14.0. The summed E-state index contributed by atoms with van der Waals surface area (Å²) < 4.78 is 1.05. The van der Waals surface area contributed by atoms with Gasteiger partial charge in [0, 0.05) is 19.6 Å². The van der Waals surface area contributed by atoms with E-state index in [1.54, 1.807) is 0 Å². The van der Waals surface area contributed by atoms with Crippen LogP contribution in [0.15, 0.2) is 58.3 Å². The van der Waals surface area contributed by atoms with Crippen LogP contribution >= 0.6 is 34.4 Å². The molecule has 0 spiro atoms. The third-order valence-corrected chi connectivity index (χ3v) is 5.08. The molecule has 0 aliphatic carbocycles. The van der Waals surface area contributed by atoms with Gasteiger partial charge >= 0.3 is 0 Å². The van der Waals surface area contributed by atoms with Gasteiger partial charge in [0.05, 0.1) is 10.6 Å². The van der Waals surface area contributed by atoms with E-state index in [-0.39, 0.29) is 5.78 Å². The largest absolute Gasteiger partial charge is 0.397 e. The van der Waals surface area contributed by atoms with Crippen molar-refractivity contribution in [2.75, 3.05) is 0 Å². The Labute approximate surface area is 129 Å². The maximum Gasteiger partial charge on any atom is 0.202 e. The number of Topliss-reactive ketones (excluding diaryl/α,β-unsaturated/α-hetero) is 1. The van der Waals surface area contributed by atoms with Gasteiger partial charge in [0.1, 0.15) is 0 Å². The van der Waals surface area contributed by atoms with Crippen molar-refractivity contribution in [3.05, 3.63) is 68.1 Å². The minimum atomic E-state index is 0.0257. The fraction of sp³-hybridized carbons (Fsp3) is 0. The Hall–Kier alpha value is -1.27. The van der Waals surface area contributed by atoms with Crippen LogP contribution in [0.4, 0.5) is 0 Å². The highest BCUT2D eigenvalue weighted by molar-refractivity contribution is 14.1. The lowest BCUT2D eigenvalue weighted by molar-refractivity contribution is 0.104. The Morgan fingerprint density at radius 1 is 1.05 bits per heavy atom. The van der Waals surface area contributed by atoms with Crippen LogP contribution in [0.2, 0.25) is 0 Å². The maximum absolute atomic E-state index is 12.4. The summed E-state index contributed by atoms with van der Waals surface area (Å²) in [6.45, 7) is 0. The fourth-order valence-electron chi connectivity index (χ4n) is 2.00. The fourth-order valence-corrected chi connectivity index (χ4v) is 3.74. The van der Waals surface area contributed by atoms with Crippen LogP contribution < -0.4 is 5.73 Å². The summed E-state index contributed by atoms with van der Waals surface area (Å²) in [5, 5.41) is 0. The van der Waals surface area contributed by atoms with Gasteiger partial charge in [-0.1, -0.05) is 42.1 Å². The van der Waals surface area contributed by atoms with Gasteiger partial charge in [-0.05, 0) is 40.8 Å². The minimum absolute atomic E-state index is 0.0257. The molecule has 3 rings (SSSR count). The molecule has 4 heteroatoms. The molecule has 2 N–H and O–H groups in total. The first-order chi connectivity index (χ1) is 9.18. The first kappa shape index (κ1) is 12.7. The molecule has 0 atom stereocenters. The van der Waals surface area contributed by atoms with Crippen molar-refractivity contribution >= 4 is 45.8 Å². The molecule has 2 aromatic carbocycles. The normalized spacial score (nSPS) is 16.4. The highest BCUT2D eigenvalue weighted by Crippen LogP contribution is 2.42. The van der Waals surface area contributed by atoms with Crippen LogP contribution in [0.25, 0.3) is 5.70 Å². The number of hydrogen-bond acceptors (Lipinski definition) is 3. The quantitative estimate of drug-likeness (QED) is 0.604. The molecule has 0 unspecified atom stereocenters. The van der Waals surface area contributed by atoms with Gasteiger partial charge in [-0.15, -0.1) is 0 Å². The Morgan fingerprint density at radius 2 is 1.74 bits per heavy atom. The number of thioether (sulfide) groups is 1. The van der Waals surface area contributed by atoms with Crippen molar-refractivity contribution < 1.29 is 4.79 Å². The molecule has 0 saturated heterocycles. The molecule has 1 heterocycles. The Morgan fingerprint density at radius 3 is 2.47 bits per heavy atom. The molecule has 0 aromatic heterocycles. The van der Waals surface area contributed by atoms with Gasteiger partial charge in [-0.2, -0.15) is 0 Å². The standard InChI is InChI=1S/C15H10INOS/c16-11-7-3-1-5-9(11)13(17)15-14(18)10-6-2-4-8-12(10)19-15/h1-8H,17H2/b15-13+. The smallest absolute Gasteiger partial charge is 0.202 e. The number of halogens is 1. The van der Waals surface area contributed by atoms with Crippen molar-refractivity contribution in [3.63, 3.8) is 0 Å². The third-order valence-electron chi connectivity index (χ3n) is 2.96. The molecule has 0 bridgehead atoms. The lowest BCUT2D eigenvalue weighted by atomic mass is 10.1. The van der Waals surface area contributed by atoms with Crippen molar-refractivity contribution in [3.8, 4) is 0 Å². The van der Waals surface area contributed by atoms with E-state index in [1.165, 1.54) is 11.8 Å². The number of rotatable bonds is 1. The van der Waals surface area contributed by atoms with E-state index in [2.05, 4.69) is 22.6 Å². The first-order valence-corrected chi connectivity index (χ1v) is 7.64. The van der Waals surface area contributed by atoms with Crippen molar-refractivity contribution in [1.82, 2.24) is 0 Å². The molecule has 0 fully saturated rings. The number of nitrogens with two attached hydrogens (primary N) is 1. The number of allylic oxidation sites excluding steroid dienone is 1. The summed E-state index contributed by atoms with van der Waals surface area (Å²) in [7, 11) is 0. The topological polar surface area (TPSA) is 43.1 Å². The van der Waals surface area contributed by atoms with Crippen molar-refractivity contribution in [2.45, 2.75) is 4.90 Å². The lowest BCUT2D eigenvalue weighted by Gasteiger charge is -2.06. The Balaban J connectivity index is 2.12. The SMILES string of the molecule is N/C(=C1/Sc2ccccc2C1=O)c1ccccc1I. The number of fused-ring (bicyclic) bond motifs is 1. The second-order valence-corrected chi connectivity index (χ2v) is 6.36. The molecule has 94 valence electrons. The molecule has 2 aromatic rings. The van der Waals surface area contributed by atoms with Gasteiger partial charge in [-0.3, -0.25) is 4.79 Å². The summed E-state index contributed by atoms with van der Waals surface area (Å²) in [6, 6.07) is 15.4. The van der Waals surface area contributed by atoms with Crippen LogP contribution in [-0.2, 0) is 0 Å². The number of carbonyl (C=O) groups is 1. The third kappa shape index (κ3) is 2.19. The predicted octanol–water partition coefficient (Wildman–Crippen LogP) is 3.91. The molecular weight excluding hydrogens is 369 g/mol. The Kier molecular flexibility index (Phi) is 3.36. The van der Waals surface area contributed by atoms with Crippen molar-refractivity contribution in [1.29, 1.82) is 0 Å². The molecule has 0 radical (unpaired) electrons. The zero-order valence-electron chi connectivity index (χ0n) is 9.89. The average molecular weight is 379 g/mol. The zero-order valence-corrected chi connectivity index (χ0v) is 12.9. The average Bonchev–Trinajstić information content (AvgIpc) is 2.77. The lowest BCUT2D eigenvalue weighted by Crippen LogP contribution is -2.06. The summed E-state index contributed by atoms with van der Waals surface area (Å²) in [6.07, 6.45) is 0. The minimum Gasteiger partial charge on any atom is -0.397 e. The van der Waals surface area contributed by atoms with Gasteiger partial charge in [0.15, 0.2) is 0 Å². The molecule has 1 aliphatic heterocycles. The van der Waals surface area contributed by atoms with Crippen LogP contribution in [0.5, 0.6) is 0 Å². The summed E-state index contributed by atoms with van der Waals surface area (Å²) in [5.74, 6) is 0.0257. The highest BCUT2D eigenvalue weighted by atomic mass is 127. The van der Waals surface area contributed by atoms with E-state index in [1.807, 2.05) is 48.5 Å². The predicted molar refractivity (Wildman–Crippen MR) is 86.9 cm³/mol. The second kappa shape index (κ2) is 5.02. The monoisotopic (exact) mass is 379 g/mol. The first-order valence-electron chi connectivity index (χ1n) is 5.74. The Bertz CT molecular complexity index is 709. The highest BCUT2D eigenvalue weighted by Gasteiger charge is 2.28. The van der Waals surface area contributed by atoms with E-state index in [0.29, 0.717) is 10.6 Å². The van der Waals surface area contributed by atoms with Crippen LogP contribution in [-0.4, -0.2) is 5.78 Å². The van der Waals surface area contributed by atoms with Gasteiger partial charge in [-0.25, -0.2) is 0 Å². The molecular formula is C15H10INOS. The van der Waals surface area contributed by atoms with Crippen LogP contribution in [0.3, 0.4) is 0 Å². The second-order valence-electron chi connectivity index (χ2n) is 4.15. The van der Waals surface area contributed by atoms with E-state index < -0.39 is 0 Å². The number of ketones is 1. The van der Waals surface area contributed by atoms with E-state index >= 15 is 0 Å². The number of benzene rings is 2. The molecule has 0 saturated carbocycles. The van der Waals surface area contributed by atoms with E-state index in [4.69, 9.17) is 5.73 Å². The van der Waals surface area contributed by atoms with Gasteiger partial charge in [0.2, 0.25) is 5.78 Å². The van der Waals surface area contributed by atoms with Crippen molar-refractivity contribution in [2.24, 2.45) is 5.73 Å².